The molecule has 0 bridgehead atoms. The Hall–Kier alpha value is -1.23. The summed E-state index contributed by atoms with van der Waals surface area (Å²) in [4.78, 5) is 19.7. The van der Waals surface area contributed by atoms with Gasteiger partial charge < -0.3 is 4.57 Å². The highest BCUT2D eigenvalue weighted by Crippen LogP contribution is 2.14. The molecule has 0 aliphatic heterocycles. The van der Waals surface area contributed by atoms with Gasteiger partial charge in [-0.2, -0.15) is 0 Å². The van der Waals surface area contributed by atoms with Crippen molar-refractivity contribution in [2.45, 2.75) is 19.9 Å². The second-order valence-electron chi connectivity index (χ2n) is 3.24. The van der Waals surface area contributed by atoms with Crippen molar-refractivity contribution in [2.75, 3.05) is 0 Å². The lowest BCUT2D eigenvalue weighted by atomic mass is 10.3. The number of halogens is 1. The highest BCUT2D eigenvalue weighted by molar-refractivity contribution is 9.10. The third kappa shape index (κ3) is 1.92. The van der Waals surface area contributed by atoms with Crippen LogP contribution in [0.25, 0.3) is 11.2 Å². The molecule has 2 rings (SSSR count). The molecule has 0 spiro atoms. The maximum atomic E-state index is 11.6. The Morgan fingerprint density at radius 1 is 1.40 bits per heavy atom. The Morgan fingerprint density at radius 3 is 2.87 bits per heavy atom. The van der Waals surface area contributed by atoms with Crippen LogP contribution in [0.1, 0.15) is 13.3 Å². The van der Waals surface area contributed by atoms with Crippen LogP contribution >= 0.6 is 15.9 Å². The van der Waals surface area contributed by atoms with Crippen LogP contribution in [0.3, 0.4) is 0 Å². The van der Waals surface area contributed by atoms with Crippen LogP contribution in [0.2, 0.25) is 0 Å². The Kier molecular flexibility index (Phi) is 2.81. The maximum absolute atomic E-state index is 11.6. The zero-order valence-electron chi connectivity index (χ0n) is 8.27. The van der Waals surface area contributed by atoms with Gasteiger partial charge in [-0.05, 0) is 28.4 Å². The molecule has 0 aliphatic carbocycles. The molecular formula is C10H10BrN3O. The molecular weight excluding hydrogens is 258 g/mol. The minimum absolute atomic E-state index is 0.0794. The number of pyridine rings is 1. The van der Waals surface area contributed by atoms with E-state index in [1.54, 1.807) is 10.8 Å². The lowest BCUT2D eigenvalue weighted by molar-refractivity contribution is 0.673. The second kappa shape index (κ2) is 4.10. The molecule has 15 heavy (non-hydrogen) atoms. The summed E-state index contributed by atoms with van der Waals surface area (Å²) in [7, 11) is 0. The molecule has 0 unspecified atom stereocenters. The number of hydrogen-bond acceptors (Lipinski definition) is 3. The van der Waals surface area contributed by atoms with Crippen molar-refractivity contribution < 1.29 is 0 Å². The van der Waals surface area contributed by atoms with Crippen LogP contribution in [0.15, 0.2) is 27.7 Å². The number of aryl methyl sites for hydroxylation is 1. The summed E-state index contributed by atoms with van der Waals surface area (Å²) >= 11 is 3.34. The predicted molar refractivity (Wildman–Crippen MR) is 61.8 cm³/mol. The fraction of sp³-hybridized carbons (Fsp3) is 0.300. The number of hydrogen-bond donors (Lipinski definition) is 0. The Balaban J connectivity index is 2.78. The van der Waals surface area contributed by atoms with E-state index in [1.165, 1.54) is 6.20 Å². The van der Waals surface area contributed by atoms with Crippen molar-refractivity contribution in [2.24, 2.45) is 0 Å². The molecule has 5 heteroatoms. The number of aromatic nitrogens is 3. The largest absolute Gasteiger partial charge is 0.304 e. The fourth-order valence-electron chi connectivity index (χ4n) is 1.48. The van der Waals surface area contributed by atoms with Gasteiger partial charge in [-0.3, -0.25) is 4.79 Å². The first-order valence-corrected chi connectivity index (χ1v) is 5.52. The van der Waals surface area contributed by atoms with Gasteiger partial charge in [0, 0.05) is 17.2 Å². The maximum Gasteiger partial charge on any atom is 0.269 e. The molecule has 0 atom stereocenters. The summed E-state index contributed by atoms with van der Waals surface area (Å²) in [6, 6.07) is 1.87. The number of rotatable bonds is 2. The van der Waals surface area contributed by atoms with Crippen molar-refractivity contribution >= 4 is 27.1 Å². The summed E-state index contributed by atoms with van der Waals surface area (Å²) in [5.41, 5.74) is 1.30. The van der Waals surface area contributed by atoms with E-state index in [2.05, 4.69) is 25.9 Å². The molecule has 0 saturated heterocycles. The van der Waals surface area contributed by atoms with E-state index >= 15 is 0 Å². The lowest BCUT2D eigenvalue weighted by Gasteiger charge is -2.07. The quantitative estimate of drug-likeness (QED) is 0.836. The van der Waals surface area contributed by atoms with Gasteiger partial charge in [0.05, 0.1) is 11.7 Å². The first kappa shape index (κ1) is 10.3. The molecule has 2 heterocycles. The molecule has 78 valence electrons. The van der Waals surface area contributed by atoms with Crippen LogP contribution in [0.5, 0.6) is 0 Å². The van der Waals surface area contributed by atoms with Crippen molar-refractivity contribution in [3.8, 4) is 0 Å². The number of nitrogens with zero attached hydrogens (tertiary/aromatic N) is 3. The van der Waals surface area contributed by atoms with Gasteiger partial charge >= 0.3 is 0 Å². The van der Waals surface area contributed by atoms with Gasteiger partial charge in [-0.25, -0.2) is 9.97 Å². The summed E-state index contributed by atoms with van der Waals surface area (Å²) in [6.07, 6.45) is 3.90. The van der Waals surface area contributed by atoms with Gasteiger partial charge in [-0.1, -0.05) is 6.92 Å². The highest BCUT2D eigenvalue weighted by atomic mass is 79.9. The van der Waals surface area contributed by atoms with Crippen LogP contribution in [-0.2, 0) is 6.54 Å². The molecule has 4 nitrogen and oxygen atoms in total. The molecule has 0 fully saturated rings. The smallest absolute Gasteiger partial charge is 0.269 e. The second-order valence-corrected chi connectivity index (χ2v) is 4.16. The fourth-order valence-corrected chi connectivity index (χ4v) is 1.80. The van der Waals surface area contributed by atoms with Crippen molar-refractivity contribution in [3.05, 3.63) is 33.3 Å². The summed E-state index contributed by atoms with van der Waals surface area (Å²) in [5, 5.41) is 0. The summed E-state index contributed by atoms with van der Waals surface area (Å²) in [6.45, 7) is 2.72. The van der Waals surface area contributed by atoms with Gasteiger partial charge in [-0.15, -0.1) is 0 Å². The zero-order valence-corrected chi connectivity index (χ0v) is 9.86. The SMILES string of the molecule is CCCn1c(=O)cnc2ncc(Br)cc21. The van der Waals surface area contributed by atoms with E-state index < -0.39 is 0 Å². The van der Waals surface area contributed by atoms with Crippen LogP contribution in [0, 0.1) is 0 Å². The van der Waals surface area contributed by atoms with E-state index in [4.69, 9.17) is 0 Å². The first-order chi connectivity index (χ1) is 7.22. The third-order valence-corrected chi connectivity index (χ3v) is 2.55. The zero-order chi connectivity index (χ0) is 10.8. The summed E-state index contributed by atoms with van der Waals surface area (Å²) in [5.74, 6) is 0. The molecule has 0 aliphatic rings. The molecule has 2 aromatic rings. The third-order valence-electron chi connectivity index (χ3n) is 2.12. The van der Waals surface area contributed by atoms with Crippen molar-refractivity contribution in [1.29, 1.82) is 0 Å². The molecule has 0 amide bonds. The Labute approximate surface area is 95.1 Å². The molecule has 0 N–H and O–H groups in total. The van der Waals surface area contributed by atoms with E-state index in [9.17, 15) is 4.79 Å². The van der Waals surface area contributed by atoms with E-state index in [0.717, 1.165) is 16.4 Å². The predicted octanol–water partition coefficient (Wildman–Crippen LogP) is 1.96. The standard InChI is InChI=1S/C10H10BrN3O/c1-2-3-14-8-4-7(11)5-12-10(8)13-6-9(14)15/h4-6H,2-3H2,1H3. The van der Waals surface area contributed by atoms with Crippen molar-refractivity contribution in [1.82, 2.24) is 14.5 Å². The van der Waals surface area contributed by atoms with Crippen LogP contribution < -0.4 is 5.56 Å². The van der Waals surface area contributed by atoms with Gasteiger partial charge in [0.15, 0.2) is 5.65 Å². The van der Waals surface area contributed by atoms with E-state index in [0.29, 0.717) is 12.2 Å². The average Bonchev–Trinajstić information content (AvgIpc) is 2.23. The van der Waals surface area contributed by atoms with Gasteiger partial charge in [0.25, 0.3) is 5.56 Å². The lowest BCUT2D eigenvalue weighted by Crippen LogP contribution is -2.20. The van der Waals surface area contributed by atoms with Crippen LogP contribution in [0.4, 0.5) is 0 Å². The molecule has 0 radical (unpaired) electrons. The van der Waals surface area contributed by atoms with E-state index in [1.807, 2.05) is 13.0 Å². The first-order valence-electron chi connectivity index (χ1n) is 4.73. The Bertz CT molecular complexity index is 550. The molecule has 0 saturated carbocycles. The van der Waals surface area contributed by atoms with Gasteiger partial charge in [0.1, 0.15) is 0 Å². The minimum Gasteiger partial charge on any atom is -0.304 e. The molecule has 2 aromatic heterocycles. The normalized spacial score (nSPS) is 10.8. The van der Waals surface area contributed by atoms with Crippen molar-refractivity contribution in [3.63, 3.8) is 0 Å². The number of fused-ring (bicyclic) bond motifs is 1. The average molecular weight is 268 g/mol. The minimum atomic E-state index is -0.0794. The monoisotopic (exact) mass is 267 g/mol. The Morgan fingerprint density at radius 2 is 2.13 bits per heavy atom. The van der Waals surface area contributed by atoms with Crippen LogP contribution in [-0.4, -0.2) is 14.5 Å². The topological polar surface area (TPSA) is 47.8 Å². The van der Waals surface area contributed by atoms with Gasteiger partial charge in [0.2, 0.25) is 0 Å². The van der Waals surface area contributed by atoms with E-state index in [-0.39, 0.29) is 5.56 Å². The summed E-state index contributed by atoms with van der Waals surface area (Å²) < 4.78 is 2.55. The highest BCUT2D eigenvalue weighted by Gasteiger charge is 2.04. The molecule has 0 aromatic carbocycles.